The molecule has 1 aliphatic heterocycles. The molecule has 2 aromatic heterocycles. The van der Waals surface area contributed by atoms with E-state index in [1.807, 2.05) is 26.0 Å². The van der Waals surface area contributed by atoms with E-state index in [0.29, 0.717) is 34.7 Å². The highest BCUT2D eigenvalue weighted by molar-refractivity contribution is 7.22. The van der Waals surface area contributed by atoms with E-state index >= 15 is 0 Å². The first-order chi connectivity index (χ1) is 17.8. The lowest BCUT2D eigenvalue weighted by molar-refractivity contribution is -0.132. The lowest BCUT2D eigenvalue weighted by Gasteiger charge is -2.22. The van der Waals surface area contributed by atoms with Gasteiger partial charge in [-0.05, 0) is 73.4 Å². The predicted octanol–water partition coefficient (Wildman–Crippen LogP) is 6.15. The topological polar surface area (TPSA) is 92.6 Å². The number of benzene rings is 2. The van der Waals surface area contributed by atoms with Crippen LogP contribution in [-0.4, -0.2) is 33.4 Å². The van der Waals surface area contributed by atoms with Gasteiger partial charge in [-0.3, -0.25) is 19.5 Å². The van der Waals surface area contributed by atoms with Crippen LogP contribution in [-0.2, 0) is 9.59 Å². The molecule has 1 aliphatic rings. The van der Waals surface area contributed by atoms with Gasteiger partial charge < -0.3 is 9.84 Å². The number of ketones is 1. The van der Waals surface area contributed by atoms with Crippen molar-refractivity contribution < 1.29 is 19.4 Å². The Bertz CT molecular complexity index is 1540. The number of aromatic nitrogens is 2. The average Bonchev–Trinajstić information content (AvgIpc) is 3.43. The van der Waals surface area contributed by atoms with E-state index in [1.165, 1.54) is 16.2 Å². The summed E-state index contributed by atoms with van der Waals surface area (Å²) in [5.74, 6) is -0.748. The minimum atomic E-state index is -0.918. The maximum atomic E-state index is 13.4. The van der Waals surface area contributed by atoms with Gasteiger partial charge in [-0.15, -0.1) is 0 Å². The average molecular weight is 514 g/mol. The number of aliphatic hydroxyl groups is 1. The second kappa shape index (κ2) is 9.78. The Balaban J connectivity index is 1.67. The number of amides is 1. The van der Waals surface area contributed by atoms with Crippen LogP contribution >= 0.6 is 11.3 Å². The summed E-state index contributed by atoms with van der Waals surface area (Å²) in [7, 11) is 0. The molecule has 1 atom stereocenters. The third kappa shape index (κ3) is 4.38. The molecule has 3 heterocycles. The van der Waals surface area contributed by atoms with Gasteiger partial charge >= 0.3 is 5.91 Å². The smallest absolute Gasteiger partial charge is 0.301 e. The molecule has 2 aromatic carbocycles. The highest BCUT2D eigenvalue weighted by atomic mass is 32.1. The van der Waals surface area contributed by atoms with Crippen molar-refractivity contribution in [2.24, 2.45) is 0 Å². The molecule has 1 amide bonds. The van der Waals surface area contributed by atoms with Crippen LogP contribution in [0.2, 0.25) is 0 Å². The van der Waals surface area contributed by atoms with E-state index in [4.69, 9.17) is 9.72 Å². The molecule has 188 valence electrons. The van der Waals surface area contributed by atoms with Gasteiger partial charge in [0, 0.05) is 11.8 Å². The Morgan fingerprint density at radius 3 is 2.62 bits per heavy atom. The number of carbonyl (C=O) groups excluding carboxylic acids is 2. The molecule has 37 heavy (non-hydrogen) atoms. The number of anilines is 1. The SMILES string of the molecule is CCOc1ccc(/C(O)=C2\C(=O)C(=O)N(c3nc4ccc(C(C)C)cc4s3)C2c2ccccn2)cc1C. The fourth-order valence-electron chi connectivity index (χ4n) is 4.51. The molecule has 4 aromatic rings. The number of Topliss-reactive ketones (excluding diaryl/α,β-unsaturated/α-hetero) is 1. The van der Waals surface area contributed by atoms with Gasteiger partial charge in [-0.2, -0.15) is 0 Å². The fourth-order valence-corrected chi connectivity index (χ4v) is 5.55. The number of rotatable bonds is 6. The number of nitrogens with zero attached hydrogens (tertiary/aromatic N) is 3. The van der Waals surface area contributed by atoms with Crippen molar-refractivity contribution >= 4 is 44.1 Å². The van der Waals surface area contributed by atoms with Crippen LogP contribution in [0.1, 0.15) is 55.1 Å². The molecule has 1 fully saturated rings. The van der Waals surface area contributed by atoms with Crippen LogP contribution in [0.5, 0.6) is 5.75 Å². The van der Waals surface area contributed by atoms with Crippen molar-refractivity contribution in [1.82, 2.24) is 9.97 Å². The fraction of sp³-hybridized carbons (Fsp3) is 0.241. The van der Waals surface area contributed by atoms with Crippen LogP contribution in [0.4, 0.5) is 5.13 Å². The lowest BCUT2D eigenvalue weighted by atomic mass is 9.97. The number of hydrogen-bond acceptors (Lipinski definition) is 7. The maximum Gasteiger partial charge on any atom is 0.301 e. The number of thiazole rings is 1. The second-order valence-electron chi connectivity index (χ2n) is 9.22. The number of ether oxygens (including phenoxy) is 1. The van der Waals surface area contributed by atoms with Crippen molar-refractivity contribution in [2.75, 3.05) is 11.5 Å². The van der Waals surface area contributed by atoms with E-state index in [2.05, 4.69) is 24.9 Å². The van der Waals surface area contributed by atoms with Crippen molar-refractivity contribution in [3.8, 4) is 5.75 Å². The summed E-state index contributed by atoms with van der Waals surface area (Å²) in [5.41, 5.74) is 3.58. The lowest BCUT2D eigenvalue weighted by Crippen LogP contribution is -2.29. The molecule has 0 bridgehead atoms. The Morgan fingerprint density at radius 1 is 1.14 bits per heavy atom. The Morgan fingerprint density at radius 2 is 1.95 bits per heavy atom. The number of fused-ring (bicyclic) bond motifs is 1. The molecule has 7 nitrogen and oxygen atoms in total. The molecule has 0 spiro atoms. The van der Waals surface area contributed by atoms with E-state index in [0.717, 1.165) is 21.3 Å². The van der Waals surface area contributed by atoms with Gasteiger partial charge in [0.15, 0.2) is 5.13 Å². The molecular weight excluding hydrogens is 486 g/mol. The van der Waals surface area contributed by atoms with Gasteiger partial charge in [0.25, 0.3) is 5.78 Å². The first-order valence-corrected chi connectivity index (χ1v) is 13.0. The van der Waals surface area contributed by atoms with Gasteiger partial charge in [0.2, 0.25) is 0 Å². The molecule has 5 rings (SSSR count). The minimum Gasteiger partial charge on any atom is -0.507 e. The zero-order chi connectivity index (χ0) is 26.3. The molecule has 0 radical (unpaired) electrons. The van der Waals surface area contributed by atoms with Gasteiger partial charge in [-0.1, -0.05) is 37.3 Å². The molecule has 0 saturated carbocycles. The van der Waals surface area contributed by atoms with Crippen molar-refractivity contribution in [3.63, 3.8) is 0 Å². The summed E-state index contributed by atoms with van der Waals surface area (Å²) < 4.78 is 6.53. The van der Waals surface area contributed by atoms with Gasteiger partial charge in [0.1, 0.15) is 17.6 Å². The third-order valence-electron chi connectivity index (χ3n) is 6.43. The summed E-state index contributed by atoms with van der Waals surface area (Å²) >= 11 is 1.34. The quantitative estimate of drug-likeness (QED) is 0.189. The molecule has 0 aliphatic carbocycles. The Labute approximate surface area is 219 Å². The first kappa shape index (κ1) is 24.6. The number of aryl methyl sites for hydroxylation is 1. The Hall–Kier alpha value is -4.04. The largest absolute Gasteiger partial charge is 0.507 e. The summed E-state index contributed by atoms with van der Waals surface area (Å²) in [4.78, 5) is 37.4. The van der Waals surface area contributed by atoms with Gasteiger partial charge in [0.05, 0.1) is 28.1 Å². The number of carbonyl (C=O) groups is 2. The molecule has 1 saturated heterocycles. The van der Waals surface area contributed by atoms with E-state index in [9.17, 15) is 14.7 Å². The number of aliphatic hydroxyl groups excluding tert-OH is 1. The minimum absolute atomic E-state index is 0.0191. The van der Waals surface area contributed by atoms with Crippen LogP contribution in [0.3, 0.4) is 0 Å². The predicted molar refractivity (Wildman–Crippen MR) is 145 cm³/mol. The molecule has 1 N–H and O–H groups in total. The van der Waals surface area contributed by atoms with E-state index in [-0.39, 0.29) is 11.3 Å². The van der Waals surface area contributed by atoms with Crippen LogP contribution in [0.15, 0.2) is 66.4 Å². The first-order valence-electron chi connectivity index (χ1n) is 12.2. The summed E-state index contributed by atoms with van der Waals surface area (Å²) in [6, 6.07) is 15.6. The zero-order valence-electron chi connectivity index (χ0n) is 21.1. The molecule has 1 unspecified atom stereocenters. The monoisotopic (exact) mass is 513 g/mol. The van der Waals surface area contributed by atoms with Crippen molar-refractivity contribution in [1.29, 1.82) is 0 Å². The van der Waals surface area contributed by atoms with Gasteiger partial charge in [-0.25, -0.2) is 4.98 Å². The van der Waals surface area contributed by atoms with Crippen LogP contribution < -0.4 is 9.64 Å². The van der Waals surface area contributed by atoms with Crippen molar-refractivity contribution in [2.45, 2.75) is 39.7 Å². The second-order valence-corrected chi connectivity index (χ2v) is 10.2. The highest BCUT2D eigenvalue weighted by Crippen LogP contribution is 2.44. The molecule has 8 heteroatoms. The third-order valence-corrected chi connectivity index (χ3v) is 7.45. The number of hydrogen-bond donors (Lipinski definition) is 1. The summed E-state index contributed by atoms with van der Waals surface area (Å²) in [6.45, 7) is 8.50. The van der Waals surface area contributed by atoms with E-state index < -0.39 is 17.7 Å². The highest BCUT2D eigenvalue weighted by Gasteiger charge is 2.48. The standard InChI is InChI=1S/C29H27N3O4S/c1-5-36-22-12-10-19(14-17(22)4)26(33)24-25(21-8-6-7-13-30-21)32(28(35)27(24)34)29-31-20-11-9-18(16(2)3)15-23(20)37-29/h6-16,25,33H,5H2,1-4H3/b26-24+. The summed E-state index contributed by atoms with van der Waals surface area (Å²) in [5, 5.41) is 11.8. The number of pyridine rings is 1. The summed E-state index contributed by atoms with van der Waals surface area (Å²) in [6.07, 6.45) is 1.60. The normalized spacial score (nSPS) is 17.2. The molecular formula is C29H27N3O4S. The van der Waals surface area contributed by atoms with Crippen LogP contribution in [0.25, 0.3) is 16.0 Å². The maximum absolute atomic E-state index is 13.4. The zero-order valence-corrected chi connectivity index (χ0v) is 21.9. The Kier molecular flexibility index (Phi) is 6.52. The van der Waals surface area contributed by atoms with Crippen molar-refractivity contribution in [3.05, 3.63) is 88.8 Å². The van der Waals surface area contributed by atoms with E-state index in [1.54, 1.807) is 42.6 Å². The van der Waals surface area contributed by atoms with Crippen LogP contribution in [0, 0.1) is 6.92 Å².